The highest BCUT2D eigenvalue weighted by Gasteiger charge is 2.53. The molecule has 0 spiro atoms. The van der Waals surface area contributed by atoms with E-state index in [4.69, 9.17) is 28.4 Å². The van der Waals surface area contributed by atoms with Crippen molar-refractivity contribution in [3.05, 3.63) is 0 Å². The first-order valence-electron chi connectivity index (χ1n) is 25.8. The first kappa shape index (κ1) is 60.1. The molecule has 67 heavy (non-hydrogen) atoms. The molecule has 0 aromatic carbocycles. The zero-order chi connectivity index (χ0) is 49.1. The average Bonchev–Trinajstić information content (AvgIpc) is 3.32. The Hall–Kier alpha value is -1.21. The highest BCUT2D eigenvalue weighted by Crippen LogP contribution is 2.33. The lowest BCUT2D eigenvalue weighted by atomic mass is 9.96. The van der Waals surface area contributed by atoms with Crippen molar-refractivity contribution in [1.82, 2.24) is 5.32 Å². The molecule has 0 aromatic rings. The van der Waals surface area contributed by atoms with Crippen molar-refractivity contribution < 1.29 is 89.4 Å². The predicted octanol–water partition coefficient (Wildman–Crippen LogP) is 1.70. The van der Waals surface area contributed by atoms with Crippen LogP contribution in [-0.4, -0.2) is 193 Å². The van der Waals surface area contributed by atoms with Gasteiger partial charge >= 0.3 is 0 Å². The van der Waals surface area contributed by atoms with E-state index in [1.54, 1.807) is 0 Å². The van der Waals surface area contributed by atoms with Crippen molar-refractivity contribution in [2.24, 2.45) is 0 Å². The Kier molecular flexibility index (Phi) is 30.7. The summed E-state index contributed by atoms with van der Waals surface area (Å²) < 4.78 is 34.0. The van der Waals surface area contributed by atoms with E-state index in [1.807, 2.05) is 6.92 Å². The van der Waals surface area contributed by atoms with Crippen LogP contribution < -0.4 is 5.32 Å². The largest absolute Gasteiger partial charge is 0.394 e. The van der Waals surface area contributed by atoms with Crippen LogP contribution in [0.15, 0.2) is 0 Å². The second-order valence-corrected chi connectivity index (χ2v) is 19.0. The first-order valence-corrected chi connectivity index (χ1v) is 25.8. The van der Waals surface area contributed by atoms with Gasteiger partial charge in [0.15, 0.2) is 18.9 Å². The SMILES string of the molecule is CCCCCCCCCCCCCCCCCCCCCC(O)C(COC1OC(CO)C(OC2OC(CO)C(OC3OC(CO)C(O)C(O)C3O)C(O)C2O)C(O)C1O)NC(=O)CCCCC. The van der Waals surface area contributed by atoms with E-state index in [-0.39, 0.29) is 18.9 Å². The Morgan fingerprint density at radius 1 is 0.478 bits per heavy atom. The van der Waals surface area contributed by atoms with Crippen LogP contribution in [0.3, 0.4) is 0 Å². The van der Waals surface area contributed by atoms with Crippen LogP contribution in [0.4, 0.5) is 0 Å². The van der Waals surface area contributed by atoms with E-state index in [9.17, 15) is 61.0 Å². The number of carbonyl (C=O) groups excluding carboxylic acids is 1. The zero-order valence-electron chi connectivity index (χ0n) is 40.4. The molecule has 3 fully saturated rings. The third kappa shape index (κ3) is 20.4. The summed E-state index contributed by atoms with van der Waals surface area (Å²) in [6.45, 7) is 1.59. The molecule has 1 amide bonds. The highest BCUT2D eigenvalue weighted by molar-refractivity contribution is 5.76. The Bertz CT molecular complexity index is 1250. The summed E-state index contributed by atoms with van der Waals surface area (Å²) in [5.74, 6) is -0.267. The molecule has 0 aromatic heterocycles. The van der Waals surface area contributed by atoms with Gasteiger partial charge in [-0.25, -0.2) is 0 Å². The van der Waals surface area contributed by atoms with Gasteiger partial charge in [0.1, 0.15) is 73.2 Å². The number of hydrogen-bond donors (Lipinski definition) is 12. The number of unbranched alkanes of at least 4 members (excludes halogenated alkanes) is 20. The Morgan fingerprint density at radius 3 is 1.30 bits per heavy atom. The molecule has 12 N–H and O–H groups in total. The van der Waals surface area contributed by atoms with Crippen LogP contribution in [-0.2, 0) is 33.2 Å². The zero-order valence-corrected chi connectivity index (χ0v) is 40.4. The maximum atomic E-state index is 12.9. The van der Waals surface area contributed by atoms with Crippen molar-refractivity contribution in [1.29, 1.82) is 0 Å². The van der Waals surface area contributed by atoms with Crippen LogP contribution in [0, 0.1) is 0 Å². The van der Waals surface area contributed by atoms with E-state index in [2.05, 4.69) is 12.2 Å². The molecular formula is C48H91NO18. The topological polar surface area (TPSA) is 307 Å². The number of aliphatic hydroxyl groups excluding tert-OH is 11. The van der Waals surface area contributed by atoms with Gasteiger partial charge in [-0.2, -0.15) is 0 Å². The summed E-state index contributed by atoms with van der Waals surface area (Å²) in [6.07, 6.45) is 0.399. The van der Waals surface area contributed by atoms with Gasteiger partial charge in [-0.15, -0.1) is 0 Å². The quantitative estimate of drug-likeness (QED) is 0.0398. The monoisotopic (exact) mass is 970 g/mol. The summed E-state index contributed by atoms with van der Waals surface area (Å²) in [5.41, 5.74) is 0. The van der Waals surface area contributed by atoms with Crippen LogP contribution in [0.25, 0.3) is 0 Å². The Morgan fingerprint density at radius 2 is 0.851 bits per heavy atom. The second-order valence-electron chi connectivity index (χ2n) is 19.0. The number of ether oxygens (including phenoxy) is 6. The van der Waals surface area contributed by atoms with Gasteiger partial charge in [0.25, 0.3) is 0 Å². The van der Waals surface area contributed by atoms with Gasteiger partial charge < -0.3 is 89.9 Å². The lowest BCUT2D eigenvalue weighted by molar-refractivity contribution is -0.379. The number of aliphatic hydroxyl groups is 11. The Balaban J connectivity index is 1.45. The summed E-state index contributed by atoms with van der Waals surface area (Å²) in [7, 11) is 0. The van der Waals surface area contributed by atoms with E-state index in [1.165, 1.54) is 96.3 Å². The summed E-state index contributed by atoms with van der Waals surface area (Å²) in [6, 6.07) is -0.875. The van der Waals surface area contributed by atoms with Crippen LogP contribution >= 0.6 is 0 Å². The molecule has 3 heterocycles. The summed E-state index contributed by atoms with van der Waals surface area (Å²) in [5, 5.41) is 119. The van der Waals surface area contributed by atoms with Gasteiger partial charge in [-0.3, -0.25) is 4.79 Å². The van der Waals surface area contributed by atoms with E-state index in [0.717, 1.165) is 38.5 Å². The number of rotatable bonds is 36. The van der Waals surface area contributed by atoms with Crippen molar-refractivity contribution >= 4 is 5.91 Å². The molecule has 0 saturated carbocycles. The normalized spacial score (nSPS) is 33.4. The number of carbonyl (C=O) groups is 1. The highest BCUT2D eigenvalue weighted by atomic mass is 16.8. The average molecular weight is 970 g/mol. The molecule has 3 aliphatic rings. The summed E-state index contributed by atoms with van der Waals surface area (Å²) in [4.78, 5) is 12.9. The molecule has 0 aliphatic carbocycles. The lowest BCUT2D eigenvalue weighted by Gasteiger charge is -2.48. The molecule has 19 nitrogen and oxygen atoms in total. The maximum Gasteiger partial charge on any atom is 0.220 e. The van der Waals surface area contributed by atoms with Gasteiger partial charge in [-0.1, -0.05) is 149 Å². The number of nitrogens with one attached hydrogen (secondary N) is 1. The number of hydrogen-bond acceptors (Lipinski definition) is 18. The van der Waals surface area contributed by atoms with Crippen molar-refractivity contribution in [2.75, 3.05) is 26.4 Å². The van der Waals surface area contributed by atoms with Gasteiger partial charge in [-0.05, 0) is 12.8 Å². The lowest BCUT2D eigenvalue weighted by Crippen LogP contribution is -2.66. The van der Waals surface area contributed by atoms with Crippen molar-refractivity contribution in [3.8, 4) is 0 Å². The standard InChI is InChI=1S/C48H91NO18/c1-3-5-7-8-9-10-11-12-13-14-15-16-17-18-19-20-21-22-24-25-32(53)31(49-36(54)26-23-6-4-2)30-62-46-42(60)39(57)44(34(28-51)64-46)67-48-43(61)40(58)45(35(29-52)65-48)66-47-41(59)38(56)37(55)33(27-50)63-47/h31-35,37-48,50-53,55-61H,3-30H2,1-2H3,(H,49,54). The smallest absolute Gasteiger partial charge is 0.220 e. The fourth-order valence-corrected chi connectivity index (χ4v) is 9.08. The molecule has 0 bridgehead atoms. The minimum absolute atomic E-state index is 0.255. The molecule has 19 heteroatoms. The number of amides is 1. The first-order chi connectivity index (χ1) is 32.3. The van der Waals surface area contributed by atoms with Gasteiger partial charge in [0.2, 0.25) is 5.91 Å². The van der Waals surface area contributed by atoms with Crippen LogP contribution in [0.5, 0.6) is 0 Å². The predicted molar refractivity (Wildman–Crippen MR) is 245 cm³/mol. The third-order valence-corrected chi connectivity index (χ3v) is 13.4. The van der Waals surface area contributed by atoms with Crippen LogP contribution in [0.2, 0.25) is 0 Å². The maximum absolute atomic E-state index is 12.9. The van der Waals surface area contributed by atoms with Crippen molar-refractivity contribution in [3.63, 3.8) is 0 Å². The molecule has 3 aliphatic heterocycles. The van der Waals surface area contributed by atoms with E-state index >= 15 is 0 Å². The molecule has 3 saturated heterocycles. The Labute approximate surface area is 398 Å². The second kappa shape index (κ2) is 34.2. The van der Waals surface area contributed by atoms with E-state index < -0.39 is 124 Å². The van der Waals surface area contributed by atoms with Crippen LogP contribution in [0.1, 0.15) is 168 Å². The van der Waals surface area contributed by atoms with Gasteiger partial charge in [0, 0.05) is 6.42 Å². The fourth-order valence-electron chi connectivity index (χ4n) is 9.08. The molecule has 0 radical (unpaired) electrons. The molecule has 17 unspecified atom stereocenters. The minimum atomic E-state index is -1.97. The fraction of sp³-hybridized carbons (Fsp3) is 0.979. The van der Waals surface area contributed by atoms with Crippen molar-refractivity contribution in [2.45, 2.75) is 272 Å². The van der Waals surface area contributed by atoms with Gasteiger partial charge in [0.05, 0.1) is 38.6 Å². The molecule has 3 rings (SSSR count). The van der Waals surface area contributed by atoms with E-state index in [0.29, 0.717) is 12.8 Å². The minimum Gasteiger partial charge on any atom is -0.394 e. The molecular weight excluding hydrogens is 879 g/mol. The third-order valence-electron chi connectivity index (χ3n) is 13.4. The molecule has 396 valence electrons. The summed E-state index contributed by atoms with van der Waals surface area (Å²) >= 11 is 0. The molecule has 17 atom stereocenters.